The first kappa shape index (κ1) is 18.8. The Bertz CT molecular complexity index is 1180. The fourth-order valence-corrected chi connectivity index (χ4v) is 5.24. The summed E-state index contributed by atoms with van der Waals surface area (Å²) in [6.07, 6.45) is 3.94. The lowest BCUT2D eigenvalue weighted by Crippen LogP contribution is -2.48. The molecule has 1 aromatic carbocycles. The zero-order valence-electron chi connectivity index (χ0n) is 17.5. The molecule has 2 aliphatic rings. The standard InChI is InChI=1S/C23H25N5O2/c1-4-7-18-23(16-8-5-6-9-17(16)26-22(23)30)11-13-28(18)21(29)15-10-12-24-20-19(15)25-14(2)27(20)3/h5-6,8-10,12,18H,4,7,11,13H2,1-3H3,(H,26,30)/t18-,23+/m0/s1. The van der Waals surface area contributed by atoms with Crippen molar-refractivity contribution in [1.29, 1.82) is 0 Å². The zero-order valence-corrected chi connectivity index (χ0v) is 17.5. The van der Waals surface area contributed by atoms with Crippen LogP contribution in [0.1, 0.15) is 47.9 Å². The van der Waals surface area contributed by atoms with Crippen molar-refractivity contribution in [1.82, 2.24) is 19.4 Å². The van der Waals surface area contributed by atoms with Crippen LogP contribution in [0.15, 0.2) is 36.5 Å². The molecule has 5 rings (SSSR count). The molecule has 2 aromatic heterocycles. The molecule has 1 spiro atoms. The number of hydrogen-bond acceptors (Lipinski definition) is 4. The molecule has 2 aliphatic heterocycles. The lowest BCUT2D eigenvalue weighted by Gasteiger charge is -2.34. The number of hydrogen-bond donors (Lipinski definition) is 1. The van der Waals surface area contributed by atoms with Crippen molar-refractivity contribution in [3.05, 3.63) is 53.5 Å². The van der Waals surface area contributed by atoms with Gasteiger partial charge in [-0.3, -0.25) is 9.59 Å². The molecule has 0 unspecified atom stereocenters. The van der Waals surface area contributed by atoms with E-state index in [0.717, 1.165) is 29.9 Å². The summed E-state index contributed by atoms with van der Waals surface area (Å²) >= 11 is 0. The van der Waals surface area contributed by atoms with E-state index < -0.39 is 5.41 Å². The SMILES string of the molecule is CCC[C@@H]1N(C(=O)c2ccnc3c2nc(C)n3C)CC[C@]12C(=O)Nc1ccccc12. The van der Waals surface area contributed by atoms with Gasteiger partial charge in [-0.05, 0) is 37.5 Å². The number of aryl methyl sites for hydroxylation is 2. The maximum atomic E-state index is 13.7. The Hall–Kier alpha value is -3.22. The minimum absolute atomic E-state index is 0.00556. The number of anilines is 1. The summed E-state index contributed by atoms with van der Waals surface area (Å²) < 4.78 is 1.89. The summed E-state index contributed by atoms with van der Waals surface area (Å²) in [5.41, 5.74) is 3.06. The van der Waals surface area contributed by atoms with Gasteiger partial charge in [0, 0.05) is 25.5 Å². The van der Waals surface area contributed by atoms with Gasteiger partial charge in [-0.2, -0.15) is 0 Å². The van der Waals surface area contributed by atoms with Crippen molar-refractivity contribution in [3.63, 3.8) is 0 Å². The molecule has 1 N–H and O–H groups in total. The van der Waals surface area contributed by atoms with Gasteiger partial charge >= 0.3 is 0 Å². The molecule has 3 aromatic rings. The van der Waals surface area contributed by atoms with Crippen molar-refractivity contribution >= 4 is 28.7 Å². The molecular weight excluding hydrogens is 378 g/mol. The van der Waals surface area contributed by atoms with Crippen LogP contribution < -0.4 is 5.32 Å². The molecule has 0 bridgehead atoms. The number of benzene rings is 1. The molecule has 7 heteroatoms. The van der Waals surface area contributed by atoms with E-state index in [1.807, 2.05) is 47.7 Å². The van der Waals surface area contributed by atoms with Crippen LogP contribution in [-0.2, 0) is 17.3 Å². The molecule has 154 valence electrons. The number of para-hydroxylation sites is 1. The minimum atomic E-state index is -0.686. The lowest BCUT2D eigenvalue weighted by atomic mass is 9.73. The van der Waals surface area contributed by atoms with E-state index in [9.17, 15) is 9.59 Å². The number of amides is 2. The predicted molar refractivity (Wildman–Crippen MR) is 114 cm³/mol. The smallest absolute Gasteiger partial charge is 0.256 e. The van der Waals surface area contributed by atoms with Crippen LogP contribution >= 0.6 is 0 Å². The van der Waals surface area contributed by atoms with Crippen molar-refractivity contribution in [2.45, 2.75) is 44.6 Å². The number of carbonyl (C=O) groups excluding carboxylic acids is 2. The van der Waals surface area contributed by atoms with Crippen LogP contribution in [-0.4, -0.2) is 43.8 Å². The average Bonchev–Trinajstić information content (AvgIpc) is 3.36. The van der Waals surface area contributed by atoms with E-state index >= 15 is 0 Å². The quantitative estimate of drug-likeness (QED) is 0.728. The van der Waals surface area contributed by atoms with Crippen molar-refractivity contribution < 1.29 is 9.59 Å². The number of imidazole rings is 1. The molecule has 30 heavy (non-hydrogen) atoms. The highest BCUT2D eigenvalue weighted by Gasteiger charge is 2.58. The Labute approximate surface area is 175 Å². The van der Waals surface area contributed by atoms with Gasteiger partial charge < -0.3 is 14.8 Å². The van der Waals surface area contributed by atoms with E-state index in [1.54, 1.807) is 12.3 Å². The van der Waals surface area contributed by atoms with Crippen molar-refractivity contribution in [3.8, 4) is 0 Å². The first-order valence-corrected chi connectivity index (χ1v) is 10.5. The maximum absolute atomic E-state index is 13.7. The third-order valence-electron chi connectivity index (χ3n) is 6.79. The average molecular weight is 403 g/mol. The molecule has 7 nitrogen and oxygen atoms in total. The number of likely N-dealkylation sites (tertiary alicyclic amines) is 1. The maximum Gasteiger partial charge on any atom is 0.256 e. The van der Waals surface area contributed by atoms with E-state index in [1.165, 1.54) is 0 Å². The van der Waals surface area contributed by atoms with Crippen LogP contribution in [0.2, 0.25) is 0 Å². The first-order valence-electron chi connectivity index (χ1n) is 10.5. The van der Waals surface area contributed by atoms with Crippen LogP contribution in [0.4, 0.5) is 5.69 Å². The second-order valence-corrected chi connectivity index (χ2v) is 8.27. The molecular formula is C23H25N5O2. The Morgan fingerprint density at radius 1 is 1.30 bits per heavy atom. The summed E-state index contributed by atoms with van der Waals surface area (Å²) in [7, 11) is 1.90. The highest BCUT2D eigenvalue weighted by atomic mass is 16.2. The van der Waals surface area contributed by atoms with Crippen LogP contribution in [0, 0.1) is 6.92 Å². The highest BCUT2D eigenvalue weighted by molar-refractivity contribution is 6.09. The van der Waals surface area contributed by atoms with Gasteiger partial charge in [0.25, 0.3) is 5.91 Å². The molecule has 2 amide bonds. The fraction of sp³-hybridized carbons (Fsp3) is 0.391. The fourth-order valence-electron chi connectivity index (χ4n) is 5.24. The summed E-state index contributed by atoms with van der Waals surface area (Å²) in [5, 5.41) is 3.06. The van der Waals surface area contributed by atoms with E-state index in [4.69, 9.17) is 0 Å². The Morgan fingerprint density at radius 3 is 2.90 bits per heavy atom. The zero-order chi connectivity index (χ0) is 21.0. The van der Waals surface area contributed by atoms with Gasteiger partial charge in [0.05, 0.1) is 17.0 Å². The van der Waals surface area contributed by atoms with E-state index in [0.29, 0.717) is 29.7 Å². The first-order chi connectivity index (χ1) is 14.5. The summed E-state index contributed by atoms with van der Waals surface area (Å²) in [5.74, 6) is 0.740. The summed E-state index contributed by atoms with van der Waals surface area (Å²) in [6, 6.07) is 9.43. The van der Waals surface area contributed by atoms with Crippen molar-refractivity contribution in [2.24, 2.45) is 7.05 Å². The number of carbonyl (C=O) groups is 2. The topological polar surface area (TPSA) is 80.1 Å². The third kappa shape index (κ3) is 2.38. The number of nitrogens with one attached hydrogen (secondary N) is 1. The van der Waals surface area contributed by atoms with E-state index in [-0.39, 0.29) is 17.9 Å². The summed E-state index contributed by atoms with van der Waals surface area (Å²) in [4.78, 5) is 37.9. The normalized spacial score (nSPS) is 22.7. The van der Waals surface area contributed by atoms with Gasteiger partial charge in [-0.25, -0.2) is 9.97 Å². The minimum Gasteiger partial charge on any atom is -0.334 e. The number of rotatable bonds is 3. The number of fused-ring (bicyclic) bond motifs is 3. The molecule has 0 saturated carbocycles. The van der Waals surface area contributed by atoms with Crippen LogP contribution in [0.25, 0.3) is 11.2 Å². The molecule has 0 aliphatic carbocycles. The number of pyridine rings is 1. The van der Waals surface area contributed by atoms with Gasteiger partial charge in [-0.1, -0.05) is 31.5 Å². The highest BCUT2D eigenvalue weighted by Crippen LogP contribution is 2.49. The summed E-state index contributed by atoms with van der Waals surface area (Å²) in [6.45, 7) is 4.54. The molecule has 2 atom stereocenters. The van der Waals surface area contributed by atoms with Gasteiger partial charge in [0.2, 0.25) is 5.91 Å². The van der Waals surface area contributed by atoms with Gasteiger partial charge in [0.15, 0.2) is 5.65 Å². The Morgan fingerprint density at radius 2 is 2.10 bits per heavy atom. The second kappa shape index (κ2) is 6.65. The van der Waals surface area contributed by atoms with Crippen molar-refractivity contribution in [2.75, 3.05) is 11.9 Å². The third-order valence-corrected chi connectivity index (χ3v) is 6.79. The van der Waals surface area contributed by atoms with E-state index in [2.05, 4.69) is 22.2 Å². The molecule has 1 fully saturated rings. The Kier molecular flexibility index (Phi) is 4.17. The number of aromatic nitrogens is 3. The second-order valence-electron chi connectivity index (χ2n) is 8.27. The Balaban J connectivity index is 1.60. The molecule has 4 heterocycles. The predicted octanol–water partition coefficient (Wildman–Crippen LogP) is 3.18. The molecule has 1 saturated heterocycles. The number of nitrogens with zero attached hydrogens (tertiary/aromatic N) is 4. The van der Waals surface area contributed by atoms with Crippen LogP contribution in [0.5, 0.6) is 0 Å². The van der Waals surface area contributed by atoms with Gasteiger partial charge in [0.1, 0.15) is 11.3 Å². The lowest BCUT2D eigenvalue weighted by molar-refractivity contribution is -0.121. The largest absolute Gasteiger partial charge is 0.334 e. The van der Waals surface area contributed by atoms with Crippen LogP contribution in [0.3, 0.4) is 0 Å². The van der Waals surface area contributed by atoms with Gasteiger partial charge in [-0.15, -0.1) is 0 Å². The molecule has 0 radical (unpaired) electrons. The monoisotopic (exact) mass is 403 g/mol.